The molecule has 0 unspecified atom stereocenters. The molecular formula is C25H29F2NO3. The molecule has 4 rings (SSSR count). The molecule has 2 fully saturated rings. The van der Waals surface area contributed by atoms with Crippen LogP contribution in [0.25, 0.3) is 11.1 Å². The van der Waals surface area contributed by atoms with Gasteiger partial charge in [0.05, 0.1) is 11.5 Å². The van der Waals surface area contributed by atoms with Crippen LogP contribution in [0.1, 0.15) is 44.1 Å². The molecule has 166 valence electrons. The summed E-state index contributed by atoms with van der Waals surface area (Å²) in [6.07, 6.45) is 4.76. The third kappa shape index (κ3) is 5.13. The number of benzene rings is 2. The number of aliphatic hydroxyl groups is 1. The zero-order chi connectivity index (χ0) is 21.8. The van der Waals surface area contributed by atoms with E-state index in [4.69, 9.17) is 4.74 Å². The molecule has 1 heterocycles. The van der Waals surface area contributed by atoms with E-state index in [1.165, 1.54) is 6.07 Å². The Balaban J connectivity index is 1.48. The quantitative estimate of drug-likeness (QED) is 0.741. The molecule has 0 bridgehead atoms. The van der Waals surface area contributed by atoms with Gasteiger partial charge in [-0.05, 0) is 73.8 Å². The number of amides is 1. The van der Waals surface area contributed by atoms with E-state index in [-0.39, 0.29) is 18.1 Å². The number of rotatable bonds is 5. The van der Waals surface area contributed by atoms with Crippen LogP contribution in [-0.2, 0) is 16.0 Å². The van der Waals surface area contributed by atoms with Crippen molar-refractivity contribution in [2.75, 3.05) is 13.2 Å². The summed E-state index contributed by atoms with van der Waals surface area (Å²) in [5.74, 6) is -1.66. The third-order valence-electron chi connectivity index (χ3n) is 6.71. The average molecular weight is 430 g/mol. The molecule has 2 aliphatic rings. The Morgan fingerprint density at radius 1 is 0.968 bits per heavy atom. The van der Waals surface area contributed by atoms with Crippen molar-refractivity contribution in [1.82, 2.24) is 5.32 Å². The highest BCUT2D eigenvalue weighted by Crippen LogP contribution is 2.36. The van der Waals surface area contributed by atoms with Gasteiger partial charge in [-0.25, -0.2) is 8.78 Å². The smallest absolute Gasteiger partial charge is 0.226 e. The molecular weight excluding hydrogens is 400 g/mol. The molecule has 2 N–H and O–H groups in total. The predicted molar refractivity (Wildman–Crippen MR) is 114 cm³/mol. The van der Waals surface area contributed by atoms with Crippen LogP contribution < -0.4 is 5.32 Å². The first-order chi connectivity index (χ1) is 14.9. The zero-order valence-corrected chi connectivity index (χ0v) is 17.6. The molecule has 31 heavy (non-hydrogen) atoms. The van der Waals surface area contributed by atoms with Gasteiger partial charge in [-0.3, -0.25) is 4.79 Å². The van der Waals surface area contributed by atoms with Crippen LogP contribution in [0, 0.1) is 17.0 Å². The summed E-state index contributed by atoms with van der Waals surface area (Å²) >= 11 is 0. The fraction of sp³-hybridized carbons (Fsp3) is 0.480. The van der Waals surface area contributed by atoms with Crippen molar-refractivity contribution in [2.24, 2.45) is 5.41 Å². The lowest BCUT2D eigenvalue weighted by molar-refractivity contribution is -0.137. The summed E-state index contributed by atoms with van der Waals surface area (Å²) < 4.78 is 32.3. The van der Waals surface area contributed by atoms with Crippen molar-refractivity contribution in [3.05, 3.63) is 59.7 Å². The van der Waals surface area contributed by atoms with E-state index in [1.54, 1.807) is 6.07 Å². The van der Waals surface area contributed by atoms with Gasteiger partial charge in [-0.1, -0.05) is 30.3 Å². The molecule has 1 amide bonds. The van der Waals surface area contributed by atoms with Gasteiger partial charge in [-0.15, -0.1) is 0 Å². The first-order valence-corrected chi connectivity index (χ1v) is 11.1. The lowest BCUT2D eigenvalue weighted by atomic mass is 9.74. The number of carbonyl (C=O) groups is 1. The second kappa shape index (κ2) is 9.45. The maximum Gasteiger partial charge on any atom is 0.226 e. The average Bonchev–Trinajstić information content (AvgIpc) is 2.78. The van der Waals surface area contributed by atoms with E-state index in [1.807, 2.05) is 24.3 Å². The van der Waals surface area contributed by atoms with Gasteiger partial charge in [0.25, 0.3) is 0 Å². The number of aliphatic hydroxyl groups excluding tert-OH is 1. The van der Waals surface area contributed by atoms with Crippen LogP contribution in [0.2, 0.25) is 0 Å². The molecule has 0 radical (unpaired) electrons. The number of ether oxygens (including phenoxy) is 1. The van der Waals surface area contributed by atoms with E-state index in [9.17, 15) is 18.7 Å². The topological polar surface area (TPSA) is 58.6 Å². The summed E-state index contributed by atoms with van der Waals surface area (Å²) in [5, 5.41) is 13.0. The number of carbonyl (C=O) groups excluding carboxylic acids is 1. The highest BCUT2D eigenvalue weighted by atomic mass is 19.2. The number of nitrogens with one attached hydrogen (secondary N) is 1. The number of halogens is 2. The van der Waals surface area contributed by atoms with Crippen molar-refractivity contribution in [1.29, 1.82) is 0 Å². The van der Waals surface area contributed by atoms with E-state index < -0.39 is 17.0 Å². The minimum Gasteiger partial charge on any atom is -0.393 e. The molecule has 0 spiro atoms. The molecule has 1 aliphatic carbocycles. The lowest BCUT2D eigenvalue weighted by Gasteiger charge is -2.38. The predicted octanol–water partition coefficient (Wildman–Crippen LogP) is 4.39. The van der Waals surface area contributed by atoms with Crippen LogP contribution in [0.4, 0.5) is 8.78 Å². The van der Waals surface area contributed by atoms with Gasteiger partial charge in [0.15, 0.2) is 11.6 Å². The summed E-state index contributed by atoms with van der Waals surface area (Å²) in [6, 6.07) is 11.7. The lowest BCUT2D eigenvalue weighted by Crippen LogP contribution is -2.50. The van der Waals surface area contributed by atoms with Crippen LogP contribution in [0.15, 0.2) is 42.5 Å². The van der Waals surface area contributed by atoms with E-state index in [0.717, 1.165) is 42.9 Å². The van der Waals surface area contributed by atoms with E-state index >= 15 is 0 Å². The van der Waals surface area contributed by atoms with Crippen molar-refractivity contribution in [3.63, 3.8) is 0 Å². The zero-order valence-electron chi connectivity index (χ0n) is 17.6. The largest absolute Gasteiger partial charge is 0.393 e. The van der Waals surface area contributed by atoms with Crippen LogP contribution in [0.5, 0.6) is 0 Å². The molecule has 1 aliphatic heterocycles. The Hall–Kier alpha value is -2.31. The van der Waals surface area contributed by atoms with Gasteiger partial charge in [0.1, 0.15) is 0 Å². The van der Waals surface area contributed by atoms with Crippen molar-refractivity contribution < 1.29 is 23.4 Å². The van der Waals surface area contributed by atoms with Crippen LogP contribution in [-0.4, -0.2) is 36.4 Å². The molecule has 0 aromatic heterocycles. The summed E-state index contributed by atoms with van der Waals surface area (Å²) in [6.45, 7) is 1.12. The van der Waals surface area contributed by atoms with Gasteiger partial charge in [-0.2, -0.15) is 0 Å². The van der Waals surface area contributed by atoms with Crippen molar-refractivity contribution in [2.45, 2.75) is 57.1 Å². The SMILES string of the molecule is O=C(NC1CCC(O)CC1)C1(Cc2ccc(-c3ccc(F)c(F)c3)cc2)CCOCC1. The maximum atomic E-state index is 13.6. The van der Waals surface area contributed by atoms with Crippen LogP contribution >= 0.6 is 0 Å². The molecule has 1 saturated heterocycles. The molecule has 1 saturated carbocycles. The Kier molecular flexibility index (Phi) is 6.68. The van der Waals surface area contributed by atoms with E-state index in [0.29, 0.717) is 38.0 Å². The Morgan fingerprint density at radius 2 is 1.61 bits per heavy atom. The fourth-order valence-corrected chi connectivity index (χ4v) is 4.69. The summed E-state index contributed by atoms with van der Waals surface area (Å²) in [5.41, 5.74) is 1.93. The van der Waals surface area contributed by atoms with Crippen molar-refractivity contribution >= 4 is 5.91 Å². The molecule has 2 aromatic carbocycles. The number of hydrogen-bond donors (Lipinski definition) is 2. The molecule has 2 aromatic rings. The third-order valence-corrected chi connectivity index (χ3v) is 6.71. The second-order valence-corrected chi connectivity index (χ2v) is 8.87. The summed E-state index contributed by atoms with van der Waals surface area (Å²) in [7, 11) is 0. The van der Waals surface area contributed by atoms with Gasteiger partial charge >= 0.3 is 0 Å². The Labute approximate surface area is 181 Å². The maximum absolute atomic E-state index is 13.6. The standard InChI is InChI=1S/C25H29F2NO3/c26-22-10-5-19(15-23(22)27)18-3-1-17(2-4-18)16-25(11-13-31-14-12-25)24(30)28-20-6-8-21(29)9-7-20/h1-5,10,15,20-21,29H,6-9,11-14,16H2,(H,28,30). The first-order valence-electron chi connectivity index (χ1n) is 11.1. The highest BCUT2D eigenvalue weighted by Gasteiger charge is 2.41. The Bertz CT molecular complexity index is 901. The second-order valence-electron chi connectivity index (χ2n) is 8.87. The fourth-order valence-electron chi connectivity index (χ4n) is 4.69. The van der Waals surface area contributed by atoms with Crippen LogP contribution in [0.3, 0.4) is 0 Å². The monoisotopic (exact) mass is 429 g/mol. The number of hydrogen-bond acceptors (Lipinski definition) is 3. The first kappa shape index (κ1) is 21.9. The summed E-state index contributed by atoms with van der Waals surface area (Å²) in [4.78, 5) is 13.3. The van der Waals surface area contributed by atoms with Gasteiger partial charge in [0.2, 0.25) is 5.91 Å². The molecule has 6 heteroatoms. The normalized spacial score (nSPS) is 23.3. The van der Waals surface area contributed by atoms with E-state index in [2.05, 4.69) is 5.32 Å². The van der Waals surface area contributed by atoms with Gasteiger partial charge in [0, 0.05) is 19.3 Å². The minimum atomic E-state index is -0.866. The molecule has 4 nitrogen and oxygen atoms in total. The molecule has 0 atom stereocenters. The highest BCUT2D eigenvalue weighted by molar-refractivity contribution is 5.83. The minimum absolute atomic E-state index is 0.0712. The Morgan fingerprint density at radius 3 is 2.26 bits per heavy atom. The van der Waals surface area contributed by atoms with Crippen molar-refractivity contribution in [3.8, 4) is 11.1 Å². The van der Waals surface area contributed by atoms with Gasteiger partial charge < -0.3 is 15.2 Å².